The molecule has 5 nitrogen and oxygen atoms in total. The highest BCUT2D eigenvalue weighted by atomic mass is 16.5. The van der Waals surface area contributed by atoms with Gasteiger partial charge in [-0.15, -0.1) is 10.2 Å². The van der Waals surface area contributed by atoms with E-state index in [4.69, 9.17) is 9.47 Å². The lowest BCUT2D eigenvalue weighted by Crippen LogP contribution is -2.27. The summed E-state index contributed by atoms with van der Waals surface area (Å²) in [6, 6.07) is 0.409. The summed E-state index contributed by atoms with van der Waals surface area (Å²) >= 11 is 0. The molecule has 17 heavy (non-hydrogen) atoms. The van der Waals surface area contributed by atoms with Gasteiger partial charge in [0.2, 0.25) is 0 Å². The van der Waals surface area contributed by atoms with Gasteiger partial charge in [0.05, 0.1) is 12.6 Å². The smallest absolute Gasteiger partial charge is 0.159 e. The monoisotopic (exact) mass is 237 g/mol. The molecule has 0 spiro atoms. The number of rotatable bonds is 2. The molecule has 0 saturated carbocycles. The van der Waals surface area contributed by atoms with Crippen molar-refractivity contribution in [1.82, 2.24) is 14.8 Å². The molecule has 1 atom stereocenters. The van der Waals surface area contributed by atoms with E-state index in [1.165, 1.54) is 0 Å². The number of ether oxygens (including phenoxy) is 2. The minimum Gasteiger partial charge on any atom is -0.381 e. The van der Waals surface area contributed by atoms with Gasteiger partial charge in [-0.1, -0.05) is 6.92 Å². The molecule has 0 aromatic carbocycles. The third kappa shape index (κ3) is 1.98. The zero-order chi connectivity index (χ0) is 11.7. The third-order valence-electron chi connectivity index (χ3n) is 3.76. The molecule has 3 heterocycles. The van der Waals surface area contributed by atoms with Gasteiger partial charge in [-0.2, -0.15) is 0 Å². The molecule has 0 aliphatic carbocycles. The summed E-state index contributed by atoms with van der Waals surface area (Å²) in [6.45, 7) is 5.28. The molecule has 0 N–H and O–H groups in total. The van der Waals surface area contributed by atoms with Crippen molar-refractivity contribution in [1.29, 1.82) is 0 Å². The highest BCUT2D eigenvalue weighted by Crippen LogP contribution is 2.31. The Morgan fingerprint density at radius 2 is 2.06 bits per heavy atom. The number of aromatic nitrogens is 3. The van der Waals surface area contributed by atoms with Crippen LogP contribution >= 0.6 is 0 Å². The van der Waals surface area contributed by atoms with Crippen molar-refractivity contribution in [2.45, 2.75) is 44.8 Å². The molecule has 2 aliphatic rings. The average Bonchev–Trinajstić information content (AvgIpc) is 2.83. The first-order chi connectivity index (χ1) is 8.40. The Hall–Kier alpha value is -0.940. The number of hydrogen-bond acceptors (Lipinski definition) is 4. The molecule has 0 bridgehead atoms. The lowest BCUT2D eigenvalue weighted by Gasteiger charge is -2.28. The molecule has 5 heteroatoms. The van der Waals surface area contributed by atoms with Crippen LogP contribution in [0.3, 0.4) is 0 Å². The predicted molar refractivity (Wildman–Crippen MR) is 61.8 cm³/mol. The second kappa shape index (κ2) is 4.74. The van der Waals surface area contributed by atoms with E-state index in [0.29, 0.717) is 18.6 Å². The van der Waals surface area contributed by atoms with Crippen LogP contribution in [0.2, 0.25) is 0 Å². The Morgan fingerprint density at radius 3 is 2.82 bits per heavy atom. The van der Waals surface area contributed by atoms with Crippen molar-refractivity contribution in [3.63, 3.8) is 0 Å². The van der Waals surface area contributed by atoms with Crippen molar-refractivity contribution in [3.05, 3.63) is 11.6 Å². The number of fused-ring (bicyclic) bond motifs is 1. The molecule has 1 fully saturated rings. The summed E-state index contributed by atoms with van der Waals surface area (Å²) in [6.07, 6.45) is 3.20. The fraction of sp³-hybridized carbons (Fsp3) is 0.833. The molecule has 0 radical (unpaired) electrons. The van der Waals surface area contributed by atoms with Gasteiger partial charge >= 0.3 is 0 Å². The lowest BCUT2D eigenvalue weighted by molar-refractivity contribution is 0.0483. The molecule has 1 saturated heterocycles. The second-order valence-corrected chi connectivity index (χ2v) is 4.81. The van der Waals surface area contributed by atoms with Crippen LogP contribution < -0.4 is 0 Å². The van der Waals surface area contributed by atoms with E-state index in [1.54, 1.807) is 0 Å². The summed E-state index contributed by atoms with van der Waals surface area (Å²) in [5, 5.41) is 8.67. The molecule has 0 amide bonds. The maximum Gasteiger partial charge on any atom is 0.159 e. The van der Waals surface area contributed by atoms with Gasteiger partial charge in [-0.3, -0.25) is 0 Å². The minimum atomic E-state index is 0.409. The molecule has 2 aliphatic heterocycles. The number of hydrogen-bond donors (Lipinski definition) is 0. The molecule has 1 aromatic heterocycles. The first kappa shape index (κ1) is 11.2. The maximum atomic E-state index is 5.55. The summed E-state index contributed by atoms with van der Waals surface area (Å²) in [5.41, 5.74) is 0. The fourth-order valence-electron chi connectivity index (χ4n) is 2.73. The van der Waals surface area contributed by atoms with Crippen LogP contribution in [0.25, 0.3) is 0 Å². The summed E-state index contributed by atoms with van der Waals surface area (Å²) in [7, 11) is 0. The third-order valence-corrected chi connectivity index (χ3v) is 3.76. The van der Waals surface area contributed by atoms with Crippen molar-refractivity contribution < 1.29 is 9.47 Å². The molecule has 1 aromatic rings. The highest BCUT2D eigenvalue weighted by molar-refractivity contribution is 5.06. The van der Waals surface area contributed by atoms with Crippen molar-refractivity contribution in [2.24, 2.45) is 0 Å². The van der Waals surface area contributed by atoms with Crippen LogP contribution in [0.4, 0.5) is 0 Å². The standard InChI is InChI=1S/C12H19N3O2/c1-2-10-7-17-8-11-13-14-12(15(10)11)9-3-5-16-6-4-9/h9-10H,2-8H2,1H3. The van der Waals surface area contributed by atoms with E-state index < -0.39 is 0 Å². The summed E-state index contributed by atoms with van der Waals surface area (Å²) in [5.74, 6) is 2.65. The van der Waals surface area contributed by atoms with Gasteiger partial charge in [0.25, 0.3) is 0 Å². The molecule has 3 rings (SSSR count). The van der Waals surface area contributed by atoms with E-state index in [2.05, 4.69) is 21.7 Å². The molecular formula is C12H19N3O2. The second-order valence-electron chi connectivity index (χ2n) is 4.81. The SMILES string of the molecule is CCC1COCc2nnc(C3CCOCC3)n21. The van der Waals surface area contributed by atoms with E-state index >= 15 is 0 Å². The van der Waals surface area contributed by atoms with Crippen LogP contribution in [0, 0.1) is 0 Å². The Balaban J connectivity index is 1.91. The molecule has 94 valence electrons. The van der Waals surface area contributed by atoms with Crippen LogP contribution in [-0.2, 0) is 16.1 Å². The maximum absolute atomic E-state index is 5.55. The minimum absolute atomic E-state index is 0.409. The Kier molecular flexibility index (Phi) is 3.11. The first-order valence-electron chi connectivity index (χ1n) is 6.49. The zero-order valence-corrected chi connectivity index (χ0v) is 10.3. The molecule has 1 unspecified atom stereocenters. The first-order valence-corrected chi connectivity index (χ1v) is 6.49. The van der Waals surface area contributed by atoms with Crippen molar-refractivity contribution in [3.8, 4) is 0 Å². The Bertz CT molecular complexity index is 385. The van der Waals surface area contributed by atoms with E-state index in [1.807, 2.05) is 0 Å². The predicted octanol–water partition coefficient (Wildman–Crippen LogP) is 1.65. The van der Waals surface area contributed by atoms with Crippen molar-refractivity contribution >= 4 is 0 Å². The van der Waals surface area contributed by atoms with Gasteiger partial charge < -0.3 is 14.0 Å². The van der Waals surface area contributed by atoms with Gasteiger partial charge in [0.15, 0.2) is 5.82 Å². The number of nitrogens with zero attached hydrogens (tertiary/aromatic N) is 3. The quantitative estimate of drug-likeness (QED) is 0.784. The van der Waals surface area contributed by atoms with E-state index in [9.17, 15) is 0 Å². The summed E-state index contributed by atoms with van der Waals surface area (Å²) in [4.78, 5) is 0. The Morgan fingerprint density at radius 1 is 1.24 bits per heavy atom. The topological polar surface area (TPSA) is 49.2 Å². The van der Waals surface area contributed by atoms with Crippen LogP contribution in [0.5, 0.6) is 0 Å². The van der Waals surface area contributed by atoms with Crippen molar-refractivity contribution in [2.75, 3.05) is 19.8 Å². The molecular weight excluding hydrogens is 218 g/mol. The fourth-order valence-corrected chi connectivity index (χ4v) is 2.73. The van der Waals surface area contributed by atoms with Crippen LogP contribution in [0.15, 0.2) is 0 Å². The average molecular weight is 237 g/mol. The Labute approximate surface area is 101 Å². The van der Waals surface area contributed by atoms with Gasteiger partial charge in [-0.05, 0) is 19.3 Å². The van der Waals surface area contributed by atoms with Gasteiger partial charge in [0, 0.05) is 19.1 Å². The van der Waals surface area contributed by atoms with Crippen LogP contribution in [0.1, 0.15) is 49.8 Å². The lowest BCUT2D eigenvalue weighted by atomic mass is 9.98. The van der Waals surface area contributed by atoms with E-state index in [-0.39, 0.29) is 0 Å². The van der Waals surface area contributed by atoms with E-state index in [0.717, 1.165) is 50.7 Å². The van der Waals surface area contributed by atoms with Gasteiger partial charge in [-0.25, -0.2) is 0 Å². The van der Waals surface area contributed by atoms with Crippen LogP contribution in [-0.4, -0.2) is 34.6 Å². The zero-order valence-electron chi connectivity index (χ0n) is 10.3. The van der Waals surface area contributed by atoms with Gasteiger partial charge in [0.1, 0.15) is 12.4 Å². The summed E-state index contributed by atoms with van der Waals surface area (Å²) < 4.78 is 13.3. The largest absolute Gasteiger partial charge is 0.381 e. The normalized spacial score (nSPS) is 25.8. The highest BCUT2D eigenvalue weighted by Gasteiger charge is 2.29.